The molecule has 0 radical (unpaired) electrons. The molecule has 0 aliphatic carbocycles. The van der Waals surface area contributed by atoms with Crippen molar-refractivity contribution in [3.8, 4) is 0 Å². The molecule has 6 heavy (non-hydrogen) atoms. The van der Waals surface area contributed by atoms with Crippen LogP contribution in [0, 0.1) is 0 Å². The number of hydrogen-bond acceptors (Lipinski definition) is 1. The zero-order chi connectivity index (χ0) is 4.57. The van der Waals surface area contributed by atoms with E-state index in [9.17, 15) is 0 Å². The van der Waals surface area contributed by atoms with Gasteiger partial charge in [-0.2, -0.15) is 0 Å². The van der Waals surface area contributed by atoms with Gasteiger partial charge in [0.15, 0.2) is 0 Å². The zero-order valence-corrected chi connectivity index (χ0v) is 5.81. The second kappa shape index (κ2) is 1.66. The monoisotopic (exact) mass is 198 g/mol. The smallest absolute Gasteiger partial charge is 0.0924 e. The van der Waals surface area contributed by atoms with Crippen molar-refractivity contribution in [2.24, 2.45) is 0 Å². The number of halogens is 1. The minimum Gasteiger partial charge on any atom is -0.372 e. The number of ether oxygens (including phenoxy) is 1. The van der Waals surface area contributed by atoms with Crippen molar-refractivity contribution in [1.82, 2.24) is 0 Å². The van der Waals surface area contributed by atoms with Crippen molar-refractivity contribution in [3.05, 3.63) is 0 Å². The summed E-state index contributed by atoms with van der Waals surface area (Å²) in [5, 5.41) is 0. The normalized spacial score (nSPS) is 36.0. The molecular formula is C4H7IO. The summed E-state index contributed by atoms with van der Waals surface area (Å²) in [4.78, 5) is 0. The molecule has 0 saturated carbocycles. The predicted molar refractivity (Wildman–Crippen MR) is 33.2 cm³/mol. The van der Waals surface area contributed by atoms with E-state index in [0.29, 0.717) is 10.0 Å². The van der Waals surface area contributed by atoms with Gasteiger partial charge in [-0.05, 0) is 0 Å². The standard InChI is InChI=1S/C4H7IO/c1-3(5)4-2-6-4/h3-4H,2H2,1H3. The van der Waals surface area contributed by atoms with Gasteiger partial charge >= 0.3 is 0 Å². The van der Waals surface area contributed by atoms with Crippen molar-refractivity contribution >= 4 is 22.6 Å². The van der Waals surface area contributed by atoms with Crippen LogP contribution in [0.25, 0.3) is 0 Å². The second-order valence-corrected chi connectivity index (χ2v) is 3.51. The fraction of sp³-hybridized carbons (Fsp3) is 1.00. The van der Waals surface area contributed by atoms with Crippen LogP contribution in [0.15, 0.2) is 0 Å². The summed E-state index contributed by atoms with van der Waals surface area (Å²) in [6.07, 6.45) is 0.589. The minimum atomic E-state index is 0.589. The lowest BCUT2D eigenvalue weighted by atomic mass is 10.4. The number of alkyl halides is 1. The van der Waals surface area contributed by atoms with Gasteiger partial charge in [-0.25, -0.2) is 0 Å². The first-order valence-electron chi connectivity index (χ1n) is 2.06. The SMILES string of the molecule is CC(I)C1CO1. The van der Waals surface area contributed by atoms with Gasteiger partial charge in [0.1, 0.15) is 0 Å². The maximum atomic E-state index is 4.96. The molecule has 1 aliphatic heterocycles. The summed E-state index contributed by atoms with van der Waals surface area (Å²) < 4.78 is 5.67. The van der Waals surface area contributed by atoms with Crippen molar-refractivity contribution in [2.45, 2.75) is 17.0 Å². The van der Waals surface area contributed by atoms with Crippen LogP contribution in [0.5, 0.6) is 0 Å². The molecule has 0 aromatic heterocycles. The van der Waals surface area contributed by atoms with Crippen LogP contribution >= 0.6 is 22.6 Å². The lowest BCUT2D eigenvalue weighted by Gasteiger charge is -1.88. The van der Waals surface area contributed by atoms with Crippen LogP contribution in [0.3, 0.4) is 0 Å². The number of epoxide rings is 1. The molecule has 2 heteroatoms. The second-order valence-electron chi connectivity index (χ2n) is 1.55. The van der Waals surface area contributed by atoms with Crippen LogP contribution in [0.1, 0.15) is 6.92 Å². The van der Waals surface area contributed by atoms with Gasteiger partial charge in [-0.1, -0.05) is 29.5 Å². The molecule has 2 atom stereocenters. The molecule has 36 valence electrons. The van der Waals surface area contributed by atoms with E-state index in [2.05, 4.69) is 29.5 Å². The molecular weight excluding hydrogens is 191 g/mol. The highest BCUT2D eigenvalue weighted by atomic mass is 127. The molecule has 0 aromatic rings. The van der Waals surface area contributed by atoms with E-state index >= 15 is 0 Å². The third kappa shape index (κ3) is 1.08. The summed E-state index contributed by atoms with van der Waals surface area (Å²) >= 11 is 2.37. The average Bonchev–Trinajstić information content (AvgIpc) is 2.06. The van der Waals surface area contributed by atoms with Gasteiger partial charge in [-0.3, -0.25) is 0 Å². The highest BCUT2D eigenvalue weighted by Gasteiger charge is 2.26. The van der Waals surface area contributed by atoms with E-state index in [0.717, 1.165) is 6.61 Å². The third-order valence-corrected chi connectivity index (χ3v) is 1.67. The topological polar surface area (TPSA) is 12.5 Å². The summed E-state index contributed by atoms with van der Waals surface area (Å²) in [5.41, 5.74) is 0. The Hall–Kier alpha value is 0.690. The zero-order valence-electron chi connectivity index (χ0n) is 3.65. The molecule has 1 saturated heterocycles. The van der Waals surface area contributed by atoms with E-state index < -0.39 is 0 Å². The number of hydrogen-bond donors (Lipinski definition) is 0. The molecule has 1 heterocycles. The van der Waals surface area contributed by atoms with Crippen LogP contribution in [0.4, 0.5) is 0 Å². The highest BCUT2D eigenvalue weighted by molar-refractivity contribution is 14.1. The largest absolute Gasteiger partial charge is 0.372 e. The van der Waals surface area contributed by atoms with Crippen LogP contribution in [0.2, 0.25) is 0 Å². The Morgan fingerprint density at radius 2 is 2.50 bits per heavy atom. The molecule has 1 fully saturated rings. The molecule has 0 amide bonds. The lowest BCUT2D eigenvalue weighted by Crippen LogP contribution is -1.97. The van der Waals surface area contributed by atoms with Gasteiger partial charge in [0.05, 0.1) is 12.7 Å². The summed E-state index contributed by atoms with van der Waals surface area (Å²) in [6, 6.07) is 0. The van der Waals surface area contributed by atoms with Crippen molar-refractivity contribution in [2.75, 3.05) is 6.61 Å². The maximum absolute atomic E-state index is 4.96. The molecule has 2 unspecified atom stereocenters. The first-order valence-corrected chi connectivity index (χ1v) is 3.31. The van der Waals surface area contributed by atoms with E-state index in [1.165, 1.54) is 0 Å². The van der Waals surface area contributed by atoms with Gasteiger partial charge in [0.25, 0.3) is 0 Å². The van der Waals surface area contributed by atoms with Gasteiger partial charge < -0.3 is 4.74 Å². The van der Waals surface area contributed by atoms with E-state index in [-0.39, 0.29) is 0 Å². The summed E-state index contributed by atoms with van der Waals surface area (Å²) in [7, 11) is 0. The first kappa shape index (κ1) is 4.84. The van der Waals surface area contributed by atoms with Crippen molar-refractivity contribution in [3.63, 3.8) is 0 Å². The van der Waals surface area contributed by atoms with E-state index in [4.69, 9.17) is 4.74 Å². The Morgan fingerprint density at radius 1 is 2.00 bits per heavy atom. The van der Waals surface area contributed by atoms with Crippen LogP contribution in [-0.2, 0) is 4.74 Å². The Morgan fingerprint density at radius 3 is 2.50 bits per heavy atom. The van der Waals surface area contributed by atoms with Crippen molar-refractivity contribution < 1.29 is 4.74 Å². The van der Waals surface area contributed by atoms with E-state index in [1.54, 1.807) is 0 Å². The summed E-state index contributed by atoms with van der Waals surface area (Å²) in [5.74, 6) is 0. The molecule has 0 aromatic carbocycles. The fourth-order valence-corrected chi connectivity index (χ4v) is 0.736. The van der Waals surface area contributed by atoms with Gasteiger partial charge in [0.2, 0.25) is 0 Å². The van der Waals surface area contributed by atoms with Gasteiger partial charge in [-0.15, -0.1) is 0 Å². The van der Waals surface area contributed by atoms with Crippen LogP contribution < -0.4 is 0 Å². The molecule has 1 rings (SSSR count). The Bertz CT molecular complexity index is 49.5. The summed E-state index contributed by atoms with van der Waals surface area (Å²) in [6.45, 7) is 3.16. The van der Waals surface area contributed by atoms with Gasteiger partial charge in [0, 0.05) is 3.92 Å². The Kier molecular flexibility index (Phi) is 1.34. The fourth-order valence-electron chi connectivity index (χ4n) is 0.321. The third-order valence-electron chi connectivity index (χ3n) is 0.871. The first-order chi connectivity index (χ1) is 2.80. The Balaban J connectivity index is 2.13. The Labute approximate surface area is 51.2 Å². The molecule has 1 aliphatic rings. The molecule has 0 spiro atoms. The minimum absolute atomic E-state index is 0.589. The average molecular weight is 198 g/mol. The van der Waals surface area contributed by atoms with Crippen molar-refractivity contribution in [1.29, 1.82) is 0 Å². The molecule has 1 nitrogen and oxygen atoms in total. The molecule has 0 N–H and O–H groups in total. The number of rotatable bonds is 1. The maximum Gasteiger partial charge on any atom is 0.0924 e. The van der Waals surface area contributed by atoms with E-state index in [1.807, 2.05) is 0 Å². The predicted octanol–water partition coefficient (Wildman–Crippen LogP) is 1.21. The lowest BCUT2D eigenvalue weighted by molar-refractivity contribution is 0.411. The molecule has 0 bridgehead atoms. The van der Waals surface area contributed by atoms with Crippen LogP contribution in [-0.4, -0.2) is 16.6 Å². The highest BCUT2D eigenvalue weighted by Crippen LogP contribution is 2.19. The quantitative estimate of drug-likeness (QED) is 0.350.